The number of likely N-dealkylation sites (tertiary alicyclic amines) is 1. The van der Waals surface area contributed by atoms with Gasteiger partial charge in [-0.3, -0.25) is 38.4 Å². The fourth-order valence-electron chi connectivity index (χ4n) is 10.1. The molecule has 1 saturated carbocycles. The maximum atomic E-state index is 14.5. The molecule has 3 fully saturated rings. The second-order valence-electron chi connectivity index (χ2n) is 20.2. The topological polar surface area (TPSA) is 224 Å². The number of methoxy groups -OCH3 is 2. The molecule has 68 heavy (non-hydrogen) atoms. The maximum Gasteiger partial charge on any atom is 0.306 e. The number of rotatable bonds is 25. The van der Waals surface area contributed by atoms with Gasteiger partial charge >= 0.3 is 5.97 Å². The zero-order chi connectivity index (χ0) is 50.8. The summed E-state index contributed by atoms with van der Waals surface area (Å²) in [6, 6.07) is 3.80. The number of aliphatic carboxylic acids is 1. The Kier molecular flexibility index (Phi) is 20.7. The summed E-state index contributed by atoms with van der Waals surface area (Å²) < 4.78 is 40.1. The van der Waals surface area contributed by atoms with Crippen LogP contribution in [0.2, 0.25) is 0 Å². The fraction of sp³-hybridized carbons (Fsp3) is 0.755. The summed E-state index contributed by atoms with van der Waals surface area (Å²) in [7, 11) is 4.42. The van der Waals surface area contributed by atoms with E-state index in [9.17, 15) is 42.3 Å². The molecule has 18 nitrogen and oxygen atoms in total. The largest absolute Gasteiger partial charge is 0.481 e. The van der Waals surface area contributed by atoms with Crippen LogP contribution in [0.4, 0.5) is 5.69 Å². The Bertz CT molecular complexity index is 1980. The van der Waals surface area contributed by atoms with E-state index >= 15 is 0 Å². The summed E-state index contributed by atoms with van der Waals surface area (Å²) in [4.78, 5) is 89.0. The lowest BCUT2D eigenvalue weighted by Gasteiger charge is -2.41. The molecule has 19 heteroatoms. The van der Waals surface area contributed by atoms with E-state index < -0.39 is 81.4 Å². The molecular weight excluding hydrogens is 895 g/mol. The van der Waals surface area contributed by atoms with E-state index in [0.29, 0.717) is 70.1 Å². The number of benzene rings is 1. The van der Waals surface area contributed by atoms with Crippen LogP contribution in [0.5, 0.6) is 0 Å². The van der Waals surface area contributed by atoms with Crippen LogP contribution >= 0.6 is 0 Å². The first-order valence-electron chi connectivity index (χ1n) is 24.5. The number of nitrogens with one attached hydrogen (secondary N) is 3. The van der Waals surface area contributed by atoms with Gasteiger partial charge in [-0.1, -0.05) is 67.0 Å². The molecule has 1 aromatic carbocycles. The van der Waals surface area contributed by atoms with Crippen molar-refractivity contribution < 1.29 is 51.8 Å². The second kappa shape index (κ2) is 25.0. The Hall–Kier alpha value is -4.33. The fourth-order valence-corrected chi connectivity index (χ4v) is 11.4. The SMILES string of the molecule is CCC(C)C(C(CC(=O)N1CCCC1C(OC)C(C)C(=O)NC(Cc1ccc(N2CCC(C(=O)O)CC2)cc1)C(=O)NS(=O)(=O)C1CC1)OC)N(C)C(=O)C(NC(=O)C(C(C)C)N(C)C)C(C)C. The molecule has 2 saturated heterocycles. The van der Waals surface area contributed by atoms with Crippen molar-refractivity contribution in [1.29, 1.82) is 0 Å². The third kappa shape index (κ3) is 14.4. The van der Waals surface area contributed by atoms with Crippen molar-refractivity contribution in [2.24, 2.45) is 29.6 Å². The normalized spacial score (nSPS) is 20.5. The first kappa shape index (κ1) is 56.3. The highest BCUT2D eigenvalue weighted by Gasteiger charge is 2.44. The average molecular weight is 976 g/mol. The quantitative estimate of drug-likeness (QED) is 0.111. The minimum atomic E-state index is -3.94. The van der Waals surface area contributed by atoms with Gasteiger partial charge < -0.3 is 39.9 Å². The van der Waals surface area contributed by atoms with Gasteiger partial charge in [0.1, 0.15) is 12.1 Å². The van der Waals surface area contributed by atoms with E-state index in [1.54, 1.807) is 23.8 Å². The van der Waals surface area contributed by atoms with Crippen LogP contribution in [0.3, 0.4) is 0 Å². The summed E-state index contributed by atoms with van der Waals surface area (Å²) in [5.74, 6) is -4.54. The lowest BCUT2D eigenvalue weighted by molar-refractivity contribution is -0.148. The van der Waals surface area contributed by atoms with Crippen LogP contribution in [0.25, 0.3) is 0 Å². The molecule has 4 rings (SSSR count). The van der Waals surface area contributed by atoms with Gasteiger partial charge in [0.15, 0.2) is 0 Å². The Labute approximate surface area is 405 Å². The van der Waals surface area contributed by atoms with E-state index in [1.165, 1.54) is 14.2 Å². The van der Waals surface area contributed by atoms with Crippen molar-refractivity contribution in [1.82, 2.24) is 30.1 Å². The zero-order valence-corrected chi connectivity index (χ0v) is 43.3. The Morgan fingerprint density at radius 3 is 1.93 bits per heavy atom. The van der Waals surface area contributed by atoms with Crippen LogP contribution in [0, 0.1) is 29.6 Å². The van der Waals surface area contributed by atoms with Crippen molar-refractivity contribution in [2.75, 3.05) is 59.9 Å². The minimum Gasteiger partial charge on any atom is -0.481 e. The number of nitrogens with zero attached hydrogens (tertiary/aromatic N) is 4. The van der Waals surface area contributed by atoms with Crippen LogP contribution < -0.4 is 20.3 Å². The molecule has 2 heterocycles. The van der Waals surface area contributed by atoms with Crippen molar-refractivity contribution in [3.05, 3.63) is 29.8 Å². The molecule has 2 aliphatic heterocycles. The standard InChI is InChI=1S/C49H81N7O11S/c1-13-31(6)43(54(10)48(61)41(29(2)3)51-47(60)42(30(4)5)53(8)9)39(66-11)28-40(57)56-24-14-15-38(56)44(67-12)32(7)45(58)50-37(46(59)52-68(64,65)36-20-21-36)27-33-16-18-35(19-17-33)55-25-22-34(23-26-55)49(62)63/h16-19,29-32,34,36-39,41-44H,13-15,20-28H2,1-12H3,(H,50,58)(H,51,60)(H,52,59)(H,62,63). The van der Waals surface area contributed by atoms with E-state index in [1.807, 2.05) is 84.8 Å². The van der Waals surface area contributed by atoms with Crippen molar-refractivity contribution in [2.45, 2.75) is 154 Å². The van der Waals surface area contributed by atoms with Crippen LogP contribution in [-0.2, 0) is 54.7 Å². The maximum absolute atomic E-state index is 14.5. The first-order valence-corrected chi connectivity index (χ1v) is 26.0. The number of amides is 5. The summed E-state index contributed by atoms with van der Waals surface area (Å²) >= 11 is 0. The van der Waals surface area contributed by atoms with Crippen molar-refractivity contribution >= 4 is 51.2 Å². The lowest BCUT2D eigenvalue weighted by Crippen LogP contribution is -2.59. The molecular formula is C49H81N7O11S. The number of carbonyl (C=O) groups is 6. The lowest BCUT2D eigenvalue weighted by atomic mass is 9.89. The molecule has 0 spiro atoms. The van der Waals surface area contributed by atoms with E-state index in [-0.39, 0.29) is 54.2 Å². The number of hydrogen-bond donors (Lipinski definition) is 4. The summed E-state index contributed by atoms with van der Waals surface area (Å²) in [6.45, 7) is 14.9. The molecule has 9 unspecified atom stereocenters. The Balaban J connectivity index is 1.50. The predicted octanol–water partition coefficient (Wildman–Crippen LogP) is 3.27. The molecule has 0 bridgehead atoms. The van der Waals surface area contributed by atoms with Crippen LogP contribution in [0.15, 0.2) is 24.3 Å². The predicted molar refractivity (Wildman–Crippen MR) is 260 cm³/mol. The highest BCUT2D eigenvalue weighted by Crippen LogP contribution is 2.31. The molecule has 3 aliphatic rings. The molecule has 0 radical (unpaired) electrons. The highest BCUT2D eigenvalue weighted by molar-refractivity contribution is 7.90. The monoisotopic (exact) mass is 976 g/mol. The van der Waals surface area contributed by atoms with Gasteiger partial charge in [0, 0.05) is 53.0 Å². The van der Waals surface area contributed by atoms with E-state index in [2.05, 4.69) is 20.3 Å². The third-order valence-corrected chi connectivity index (χ3v) is 16.2. The van der Waals surface area contributed by atoms with Crippen LogP contribution in [0.1, 0.15) is 105 Å². The number of piperidine rings is 1. The molecule has 1 aromatic rings. The summed E-state index contributed by atoms with van der Waals surface area (Å²) in [5.41, 5.74) is 1.56. The Morgan fingerprint density at radius 1 is 0.809 bits per heavy atom. The number of sulfonamides is 1. The number of carboxylic acid groups (broad SMARTS) is 1. The smallest absolute Gasteiger partial charge is 0.306 e. The number of anilines is 1. The molecule has 384 valence electrons. The van der Waals surface area contributed by atoms with Gasteiger partial charge in [-0.25, -0.2) is 8.42 Å². The zero-order valence-electron chi connectivity index (χ0n) is 42.5. The first-order chi connectivity index (χ1) is 32.0. The number of hydrogen-bond acceptors (Lipinski definition) is 12. The average Bonchev–Trinajstić information content (AvgIpc) is 4.05. The van der Waals surface area contributed by atoms with Crippen LogP contribution in [-0.4, -0.2) is 166 Å². The van der Waals surface area contributed by atoms with Crippen molar-refractivity contribution in [3.63, 3.8) is 0 Å². The third-order valence-electron chi connectivity index (χ3n) is 14.4. The number of carbonyl (C=O) groups excluding carboxylic acids is 5. The molecule has 0 aromatic heterocycles. The molecule has 4 N–H and O–H groups in total. The van der Waals surface area contributed by atoms with Gasteiger partial charge in [0.25, 0.3) is 5.91 Å². The van der Waals surface area contributed by atoms with Gasteiger partial charge in [0.05, 0.1) is 53.8 Å². The van der Waals surface area contributed by atoms with Gasteiger partial charge in [-0.05, 0) is 88.1 Å². The van der Waals surface area contributed by atoms with Gasteiger partial charge in [0.2, 0.25) is 33.7 Å². The summed E-state index contributed by atoms with van der Waals surface area (Å²) in [5, 5.41) is 14.6. The van der Waals surface area contributed by atoms with E-state index in [0.717, 1.165) is 5.69 Å². The second-order valence-corrected chi connectivity index (χ2v) is 22.2. The molecule has 9 atom stereocenters. The number of carboxylic acids is 1. The minimum absolute atomic E-state index is 0.00673. The molecule has 1 aliphatic carbocycles. The molecule has 5 amide bonds. The summed E-state index contributed by atoms with van der Waals surface area (Å²) in [6.07, 6.45) is 2.22. The van der Waals surface area contributed by atoms with E-state index in [4.69, 9.17) is 9.47 Å². The van der Waals surface area contributed by atoms with Gasteiger partial charge in [-0.2, -0.15) is 0 Å². The van der Waals surface area contributed by atoms with Gasteiger partial charge in [-0.15, -0.1) is 0 Å². The highest BCUT2D eigenvalue weighted by atomic mass is 32.2. The number of likely N-dealkylation sites (N-methyl/N-ethyl adjacent to an activating group) is 2. The Morgan fingerprint density at radius 2 is 1.43 bits per heavy atom. The van der Waals surface area contributed by atoms with Crippen molar-refractivity contribution in [3.8, 4) is 0 Å². The number of ether oxygens (including phenoxy) is 2.